The number of hydrogen-bond donors (Lipinski definition) is 1. The van der Waals surface area contributed by atoms with Crippen molar-refractivity contribution in [2.45, 2.75) is 26.7 Å². The van der Waals surface area contributed by atoms with Crippen LogP contribution < -0.4 is 10.1 Å². The standard InChI is InChI=1S/C18H24F2N2O4/c1-17(2,3)15(23)21-12-5-6-14(25-4)13(11-12)18(19,20)16(24)22-7-9-26-10-8-22/h5-6,11H,7-10H2,1-4H3,(H,21,23). The lowest BCUT2D eigenvalue weighted by Crippen LogP contribution is -2.47. The molecule has 1 N–H and O–H groups in total. The van der Waals surface area contributed by atoms with Crippen LogP contribution in [0.2, 0.25) is 0 Å². The van der Waals surface area contributed by atoms with Crippen molar-refractivity contribution in [1.29, 1.82) is 0 Å². The Morgan fingerprint density at radius 2 is 1.81 bits per heavy atom. The molecule has 0 spiro atoms. The van der Waals surface area contributed by atoms with Gasteiger partial charge in [0.1, 0.15) is 5.75 Å². The first-order valence-electron chi connectivity index (χ1n) is 8.32. The molecule has 0 saturated carbocycles. The van der Waals surface area contributed by atoms with Crippen molar-refractivity contribution >= 4 is 17.5 Å². The smallest absolute Gasteiger partial charge is 0.353 e. The van der Waals surface area contributed by atoms with Crippen molar-refractivity contribution in [3.63, 3.8) is 0 Å². The second kappa shape index (κ2) is 7.57. The molecule has 0 bridgehead atoms. The summed E-state index contributed by atoms with van der Waals surface area (Å²) in [6.07, 6.45) is 0. The van der Waals surface area contributed by atoms with E-state index in [0.29, 0.717) is 0 Å². The van der Waals surface area contributed by atoms with E-state index < -0.39 is 22.8 Å². The van der Waals surface area contributed by atoms with E-state index in [2.05, 4.69) is 5.32 Å². The number of benzene rings is 1. The molecule has 2 amide bonds. The number of carbonyl (C=O) groups is 2. The van der Waals surface area contributed by atoms with Gasteiger partial charge in [-0.2, -0.15) is 8.78 Å². The van der Waals surface area contributed by atoms with E-state index in [1.165, 1.54) is 19.2 Å². The number of anilines is 1. The first-order chi connectivity index (χ1) is 12.1. The minimum atomic E-state index is -3.79. The number of nitrogens with zero attached hydrogens (tertiary/aromatic N) is 1. The maximum Gasteiger partial charge on any atom is 0.353 e. The first-order valence-corrected chi connectivity index (χ1v) is 8.32. The van der Waals surface area contributed by atoms with Gasteiger partial charge >= 0.3 is 5.92 Å². The van der Waals surface area contributed by atoms with Crippen LogP contribution in [0, 0.1) is 5.41 Å². The van der Waals surface area contributed by atoms with Crippen LogP contribution in [0.4, 0.5) is 14.5 Å². The monoisotopic (exact) mass is 370 g/mol. The van der Waals surface area contributed by atoms with Crippen LogP contribution in [0.1, 0.15) is 26.3 Å². The Bertz CT molecular complexity index is 680. The lowest BCUT2D eigenvalue weighted by molar-refractivity contribution is -0.163. The first kappa shape index (κ1) is 20.1. The van der Waals surface area contributed by atoms with Gasteiger partial charge in [-0.15, -0.1) is 0 Å². The summed E-state index contributed by atoms with van der Waals surface area (Å²) in [5.74, 6) is -5.54. The number of rotatable bonds is 4. The molecular weight excluding hydrogens is 346 g/mol. The summed E-state index contributed by atoms with van der Waals surface area (Å²) in [5.41, 5.74) is -1.09. The molecule has 0 aromatic heterocycles. The fraction of sp³-hybridized carbons (Fsp3) is 0.556. The molecule has 26 heavy (non-hydrogen) atoms. The third-order valence-electron chi connectivity index (χ3n) is 4.04. The summed E-state index contributed by atoms with van der Waals surface area (Å²) in [4.78, 5) is 25.5. The molecule has 0 unspecified atom stereocenters. The second-order valence-electron chi connectivity index (χ2n) is 7.10. The third kappa shape index (κ3) is 4.30. The molecule has 1 aromatic rings. The predicted molar refractivity (Wildman–Crippen MR) is 92.4 cm³/mol. The summed E-state index contributed by atoms with van der Waals surface area (Å²) in [5, 5.41) is 2.59. The Kier molecular flexibility index (Phi) is 5.85. The normalized spacial score (nSPS) is 15.5. The van der Waals surface area contributed by atoms with E-state index in [4.69, 9.17) is 9.47 Å². The van der Waals surface area contributed by atoms with Crippen molar-refractivity contribution in [3.8, 4) is 5.75 Å². The van der Waals surface area contributed by atoms with Gasteiger partial charge in [0.05, 0.1) is 25.9 Å². The fourth-order valence-corrected chi connectivity index (χ4v) is 2.43. The van der Waals surface area contributed by atoms with Gasteiger partial charge < -0.3 is 19.7 Å². The quantitative estimate of drug-likeness (QED) is 0.885. The fourth-order valence-electron chi connectivity index (χ4n) is 2.43. The highest BCUT2D eigenvalue weighted by atomic mass is 19.3. The summed E-state index contributed by atoms with van der Waals surface area (Å²) < 4.78 is 39.9. The van der Waals surface area contributed by atoms with Gasteiger partial charge in [0.2, 0.25) is 5.91 Å². The molecule has 0 atom stereocenters. The zero-order valence-electron chi connectivity index (χ0n) is 15.4. The van der Waals surface area contributed by atoms with E-state index in [9.17, 15) is 18.4 Å². The molecular formula is C18H24F2N2O4. The summed E-state index contributed by atoms with van der Waals surface area (Å²) >= 11 is 0. The van der Waals surface area contributed by atoms with E-state index in [-0.39, 0.29) is 43.6 Å². The van der Waals surface area contributed by atoms with Gasteiger partial charge in [-0.25, -0.2) is 0 Å². The van der Waals surface area contributed by atoms with Crippen LogP contribution in [-0.2, 0) is 20.2 Å². The molecule has 1 saturated heterocycles. The Balaban J connectivity index is 2.34. The van der Waals surface area contributed by atoms with Crippen LogP contribution in [0.3, 0.4) is 0 Å². The largest absolute Gasteiger partial charge is 0.496 e. The predicted octanol–water partition coefficient (Wildman–Crippen LogP) is 2.63. The van der Waals surface area contributed by atoms with Gasteiger partial charge in [-0.1, -0.05) is 20.8 Å². The van der Waals surface area contributed by atoms with Gasteiger partial charge in [-0.3, -0.25) is 9.59 Å². The van der Waals surface area contributed by atoms with Crippen molar-refractivity contribution in [3.05, 3.63) is 23.8 Å². The zero-order chi connectivity index (χ0) is 19.5. The van der Waals surface area contributed by atoms with Crippen LogP contribution in [0.25, 0.3) is 0 Å². The number of nitrogens with one attached hydrogen (secondary N) is 1. The average molecular weight is 370 g/mol. The molecule has 1 aliphatic rings. The van der Waals surface area contributed by atoms with Gasteiger partial charge in [0, 0.05) is 24.2 Å². The van der Waals surface area contributed by atoms with E-state index in [0.717, 1.165) is 11.0 Å². The van der Waals surface area contributed by atoms with E-state index >= 15 is 0 Å². The van der Waals surface area contributed by atoms with Crippen molar-refractivity contribution in [1.82, 2.24) is 4.90 Å². The number of hydrogen-bond acceptors (Lipinski definition) is 4. The third-order valence-corrected chi connectivity index (χ3v) is 4.04. The van der Waals surface area contributed by atoms with Crippen molar-refractivity contribution in [2.24, 2.45) is 5.41 Å². The lowest BCUT2D eigenvalue weighted by atomic mass is 9.95. The lowest BCUT2D eigenvalue weighted by Gasteiger charge is -2.30. The van der Waals surface area contributed by atoms with Crippen LogP contribution in [-0.4, -0.2) is 50.1 Å². The summed E-state index contributed by atoms with van der Waals surface area (Å²) in [6, 6.07) is 3.86. The molecule has 1 aliphatic heterocycles. The average Bonchev–Trinajstić information content (AvgIpc) is 2.60. The number of halogens is 2. The number of carbonyl (C=O) groups excluding carboxylic acids is 2. The highest BCUT2D eigenvalue weighted by Crippen LogP contribution is 2.38. The molecule has 1 heterocycles. The molecule has 6 nitrogen and oxygen atoms in total. The Labute approximate surface area is 151 Å². The summed E-state index contributed by atoms with van der Waals surface area (Å²) in [6.45, 7) is 5.80. The van der Waals surface area contributed by atoms with E-state index in [1.54, 1.807) is 20.8 Å². The van der Waals surface area contributed by atoms with Gasteiger partial charge in [0.25, 0.3) is 5.91 Å². The van der Waals surface area contributed by atoms with Crippen LogP contribution >= 0.6 is 0 Å². The molecule has 8 heteroatoms. The Hall–Kier alpha value is -2.22. The molecule has 0 aliphatic carbocycles. The van der Waals surface area contributed by atoms with Crippen LogP contribution in [0.15, 0.2) is 18.2 Å². The minimum absolute atomic E-state index is 0.108. The molecule has 144 valence electrons. The van der Waals surface area contributed by atoms with Crippen molar-refractivity contribution < 1.29 is 27.8 Å². The highest BCUT2D eigenvalue weighted by Gasteiger charge is 2.46. The molecule has 1 aromatic carbocycles. The maximum absolute atomic E-state index is 14.9. The Morgan fingerprint density at radius 1 is 1.19 bits per heavy atom. The zero-order valence-corrected chi connectivity index (χ0v) is 15.4. The molecule has 1 fully saturated rings. The molecule has 0 radical (unpaired) electrons. The summed E-state index contributed by atoms with van der Waals surface area (Å²) in [7, 11) is 1.25. The second-order valence-corrected chi connectivity index (χ2v) is 7.10. The van der Waals surface area contributed by atoms with Crippen molar-refractivity contribution in [2.75, 3.05) is 38.7 Å². The number of ether oxygens (including phenoxy) is 2. The Morgan fingerprint density at radius 3 is 2.35 bits per heavy atom. The van der Waals surface area contributed by atoms with Gasteiger partial charge in [-0.05, 0) is 18.2 Å². The minimum Gasteiger partial charge on any atom is -0.496 e. The number of amides is 2. The topological polar surface area (TPSA) is 67.9 Å². The highest BCUT2D eigenvalue weighted by molar-refractivity contribution is 5.95. The molecule has 2 rings (SSSR count). The number of alkyl halides is 2. The number of methoxy groups -OCH3 is 1. The maximum atomic E-state index is 14.9. The van der Waals surface area contributed by atoms with Gasteiger partial charge in [0.15, 0.2) is 0 Å². The SMILES string of the molecule is COc1ccc(NC(=O)C(C)(C)C)cc1C(F)(F)C(=O)N1CCOCC1. The number of morpholine rings is 1. The van der Waals surface area contributed by atoms with Crippen LogP contribution in [0.5, 0.6) is 5.75 Å². The van der Waals surface area contributed by atoms with E-state index in [1.807, 2.05) is 0 Å².